The lowest BCUT2D eigenvalue weighted by Crippen LogP contribution is -2.07. The van der Waals surface area contributed by atoms with Gasteiger partial charge in [-0.25, -0.2) is 4.39 Å². The van der Waals surface area contributed by atoms with Crippen molar-refractivity contribution in [3.8, 4) is 0 Å². The molecule has 1 radical (unpaired) electrons. The quantitative estimate of drug-likeness (QED) is 0.666. The van der Waals surface area contributed by atoms with E-state index < -0.39 is 0 Å². The van der Waals surface area contributed by atoms with Crippen LogP contribution < -0.4 is 5.32 Å². The molecule has 1 aromatic carbocycles. The summed E-state index contributed by atoms with van der Waals surface area (Å²) in [7, 11) is 0. The summed E-state index contributed by atoms with van der Waals surface area (Å²) in [6.07, 6.45) is 2.18. The van der Waals surface area contributed by atoms with Crippen LogP contribution in [0, 0.1) is 12.2 Å². The molecule has 2 rings (SSSR count). The number of hydrogen-bond donors (Lipinski definition) is 1. The largest absolute Gasteiger partial charge is 0.316 e. The molecule has 0 aromatic heterocycles. The molecule has 63 valence electrons. The lowest BCUT2D eigenvalue weighted by Gasteiger charge is -2.07. The van der Waals surface area contributed by atoms with Crippen molar-refractivity contribution in [2.45, 2.75) is 5.92 Å². The van der Waals surface area contributed by atoms with Gasteiger partial charge in [0, 0.05) is 12.5 Å². The molecule has 0 aliphatic carbocycles. The molecule has 1 unspecified atom stereocenters. The van der Waals surface area contributed by atoms with Crippen LogP contribution in [0.4, 0.5) is 4.39 Å². The molecule has 0 spiro atoms. The van der Waals surface area contributed by atoms with Crippen LogP contribution in [-0.2, 0) is 0 Å². The summed E-state index contributed by atoms with van der Waals surface area (Å²) in [6.45, 7) is 1.87. The number of rotatable bonds is 1. The van der Waals surface area contributed by atoms with Crippen LogP contribution in [-0.4, -0.2) is 13.1 Å². The van der Waals surface area contributed by atoms with Crippen LogP contribution in [0.15, 0.2) is 24.3 Å². The minimum Gasteiger partial charge on any atom is -0.316 e. The average molecular weight is 164 g/mol. The Hall–Kier alpha value is -0.890. The molecule has 1 aromatic rings. The highest BCUT2D eigenvalue weighted by atomic mass is 19.1. The van der Waals surface area contributed by atoms with E-state index >= 15 is 0 Å². The molecule has 12 heavy (non-hydrogen) atoms. The molecular formula is C10H11FN. The average Bonchev–Trinajstić information content (AvgIpc) is 2.56. The van der Waals surface area contributed by atoms with Crippen molar-refractivity contribution in [2.24, 2.45) is 0 Å². The van der Waals surface area contributed by atoms with Gasteiger partial charge >= 0.3 is 0 Å². The second kappa shape index (κ2) is 3.23. The van der Waals surface area contributed by atoms with Crippen molar-refractivity contribution in [1.29, 1.82) is 0 Å². The Kier molecular flexibility index (Phi) is 2.09. The molecule has 1 fully saturated rings. The fourth-order valence-electron chi connectivity index (χ4n) is 1.54. The van der Waals surface area contributed by atoms with Gasteiger partial charge in [-0.15, -0.1) is 0 Å². The van der Waals surface area contributed by atoms with Crippen LogP contribution in [0.2, 0.25) is 0 Å². The number of nitrogens with one attached hydrogen (secondary N) is 1. The Bertz CT molecular complexity index is 266. The number of halogens is 1. The fraction of sp³-hybridized carbons (Fsp3) is 0.300. The van der Waals surface area contributed by atoms with E-state index in [4.69, 9.17) is 0 Å². The van der Waals surface area contributed by atoms with Crippen molar-refractivity contribution >= 4 is 0 Å². The van der Waals surface area contributed by atoms with Crippen molar-refractivity contribution < 1.29 is 4.39 Å². The number of hydrogen-bond acceptors (Lipinski definition) is 1. The van der Waals surface area contributed by atoms with Crippen molar-refractivity contribution in [3.63, 3.8) is 0 Å². The van der Waals surface area contributed by atoms with Gasteiger partial charge in [0.1, 0.15) is 5.82 Å². The SMILES string of the molecule is Fc1cccc(C2[CH]CNC2)c1. The first-order chi connectivity index (χ1) is 5.86. The first-order valence-electron chi connectivity index (χ1n) is 4.16. The van der Waals surface area contributed by atoms with E-state index in [1.54, 1.807) is 12.1 Å². The van der Waals surface area contributed by atoms with Gasteiger partial charge in [-0.3, -0.25) is 0 Å². The van der Waals surface area contributed by atoms with E-state index in [0.717, 1.165) is 18.7 Å². The predicted molar refractivity (Wildman–Crippen MR) is 46.3 cm³/mol. The van der Waals surface area contributed by atoms with Crippen molar-refractivity contribution in [1.82, 2.24) is 5.32 Å². The molecule has 0 bridgehead atoms. The van der Waals surface area contributed by atoms with Crippen molar-refractivity contribution in [2.75, 3.05) is 13.1 Å². The number of benzene rings is 1. The van der Waals surface area contributed by atoms with E-state index in [1.165, 1.54) is 6.07 Å². The third-order valence-electron chi connectivity index (χ3n) is 2.19. The molecule has 1 heterocycles. The smallest absolute Gasteiger partial charge is 0.123 e. The molecular weight excluding hydrogens is 153 g/mol. The Morgan fingerprint density at radius 3 is 3.00 bits per heavy atom. The van der Waals surface area contributed by atoms with Crippen LogP contribution in [0.1, 0.15) is 11.5 Å². The summed E-state index contributed by atoms with van der Waals surface area (Å²) in [5.41, 5.74) is 1.07. The molecule has 1 atom stereocenters. The molecule has 1 aliphatic rings. The highest BCUT2D eigenvalue weighted by Crippen LogP contribution is 2.21. The monoisotopic (exact) mass is 164 g/mol. The van der Waals surface area contributed by atoms with Crippen LogP contribution in [0.5, 0.6) is 0 Å². The third-order valence-corrected chi connectivity index (χ3v) is 2.19. The van der Waals surface area contributed by atoms with E-state index in [9.17, 15) is 4.39 Å². The topological polar surface area (TPSA) is 12.0 Å². The lowest BCUT2D eigenvalue weighted by atomic mass is 9.99. The van der Waals surface area contributed by atoms with Gasteiger partial charge in [0.2, 0.25) is 0 Å². The van der Waals surface area contributed by atoms with E-state index in [1.807, 2.05) is 6.07 Å². The van der Waals surface area contributed by atoms with Crippen LogP contribution >= 0.6 is 0 Å². The standard InChI is InChI=1S/C10H11FN/c11-10-3-1-2-8(6-10)9-4-5-12-7-9/h1-4,6,9,12H,5,7H2. The summed E-state index contributed by atoms with van der Waals surface area (Å²) in [4.78, 5) is 0. The van der Waals surface area contributed by atoms with E-state index in [-0.39, 0.29) is 5.82 Å². The zero-order chi connectivity index (χ0) is 8.39. The first kappa shape index (κ1) is 7.74. The zero-order valence-electron chi connectivity index (χ0n) is 6.76. The van der Waals surface area contributed by atoms with Gasteiger partial charge in [-0.05, 0) is 30.7 Å². The molecule has 1 N–H and O–H groups in total. The maximum Gasteiger partial charge on any atom is 0.123 e. The van der Waals surface area contributed by atoms with Gasteiger partial charge in [0.05, 0.1) is 0 Å². The third kappa shape index (κ3) is 1.48. The van der Waals surface area contributed by atoms with Crippen LogP contribution in [0.3, 0.4) is 0 Å². The summed E-state index contributed by atoms with van der Waals surface area (Å²) >= 11 is 0. The summed E-state index contributed by atoms with van der Waals surface area (Å²) in [5.74, 6) is 0.244. The van der Waals surface area contributed by atoms with Gasteiger partial charge in [0.25, 0.3) is 0 Å². The lowest BCUT2D eigenvalue weighted by molar-refractivity contribution is 0.623. The predicted octanol–water partition coefficient (Wildman–Crippen LogP) is 1.72. The Morgan fingerprint density at radius 1 is 1.42 bits per heavy atom. The molecule has 1 nitrogen and oxygen atoms in total. The Balaban J connectivity index is 2.21. The fourth-order valence-corrected chi connectivity index (χ4v) is 1.54. The molecule has 0 saturated carbocycles. The molecule has 2 heteroatoms. The molecule has 1 aliphatic heterocycles. The summed E-state index contributed by atoms with van der Waals surface area (Å²) in [5, 5.41) is 3.21. The zero-order valence-corrected chi connectivity index (χ0v) is 6.76. The molecule has 0 amide bonds. The van der Waals surface area contributed by atoms with Gasteiger partial charge in [-0.1, -0.05) is 12.1 Å². The maximum absolute atomic E-state index is 12.8. The van der Waals surface area contributed by atoms with E-state index in [0.29, 0.717) is 5.92 Å². The Labute approximate surface area is 71.6 Å². The second-order valence-electron chi connectivity index (χ2n) is 3.06. The molecule has 1 saturated heterocycles. The van der Waals surface area contributed by atoms with Gasteiger partial charge in [0.15, 0.2) is 0 Å². The Morgan fingerprint density at radius 2 is 2.33 bits per heavy atom. The normalized spacial score (nSPS) is 22.9. The first-order valence-corrected chi connectivity index (χ1v) is 4.16. The summed E-state index contributed by atoms with van der Waals surface area (Å²) < 4.78 is 12.8. The minimum atomic E-state index is -0.146. The summed E-state index contributed by atoms with van der Waals surface area (Å²) in [6, 6.07) is 6.81. The van der Waals surface area contributed by atoms with E-state index in [2.05, 4.69) is 11.7 Å². The second-order valence-corrected chi connectivity index (χ2v) is 3.06. The highest BCUT2D eigenvalue weighted by Gasteiger charge is 2.16. The maximum atomic E-state index is 12.8. The minimum absolute atomic E-state index is 0.146. The van der Waals surface area contributed by atoms with Crippen molar-refractivity contribution in [3.05, 3.63) is 42.1 Å². The van der Waals surface area contributed by atoms with Gasteiger partial charge in [-0.2, -0.15) is 0 Å². The van der Waals surface area contributed by atoms with Crippen LogP contribution in [0.25, 0.3) is 0 Å². The van der Waals surface area contributed by atoms with Gasteiger partial charge < -0.3 is 5.32 Å². The highest BCUT2D eigenvalue weighted by molar-refractivity contribution is 5.25.